The first-order chi connectivity index (χ1) is 15.8. The molecule has 2 heterocycles. The van der Waals surface area contributed by atoms with Crippen molar-refractivity contribution < 1.29 is 14.6 Å². The molecule has 2 N–H and O–H groups in total. The molecule has 7 nitrogen and oxygen atoms in total. The molecule has 3 aromatic rings. The molecule has 0 radical (unpaired) electrons. The number of hydrogen-bond donors (Lipinski definition) is 2. The molecule has 2 aromatic carbocycles. The van der Waals surface area contributed by atoms with Crippen molar-refractivity contribution in [2.24, 2.45) is 5.92 Å². The van der Waals surface area contributed by atoms with Gasteiger partial charge in [0.2, 0.25) is 5.95 Å². The fourth-order valence-electron chi connectivity index (χ4n) is 4.28. The van der Waals surface area contributed by atoms with Gasteiger partial charge in [-0.2, -0.15) is 0 Å². The van der Waals surface area contributed by atoms with Gasteiger partial charge < -0.3 is 20.1 Å². The second-order valence-corrected chi connectivity index (χ2v) is 9.56. The second kappa shape index (κ2) is 9.75. The summed E-state index contributed by atoms with van der Waals surface area (Å²) in [6.45, 7) is 6.88. The molecule has 1 atom stereocenters. The van der Waals surface area contributed by atoms with Crippen molar-refractivity contribution in [1.29, 1.82) is 0 Å². The predicted octanol–water partition coefficient (Wildman–Crippen LogP) is 4.40. The Morgan fingerprint density at radius 1 is 1.15 bits per heavy atom. The minimum absolute atomic E-state index is 0.113. The van der Waals surface area contributed by atoms with E-state index in [1.54, 1.807) is 6.20 Å². The molecule has 1 aliphatic rings. The lowest BCUT2D eigenvalue weighted by molar-refractivity contribution is 0.0445. The van der Waals surface area contributed by atoms with E-state index in [-0.39, 0.29) is 18.6 Å². The van der Waals surface area contributed by atoms with E-state index in [1.807, 2.05) is 39.0 Å². The van der Waals surface area contributed by atoms with Crippen molar-refractivity contribution in [1.82, 2.24) is 15.3 Å². The molecule has 7 heteroatoms. The Balaban J connectivity index is 1.41. The van der Waals surface area contributed by atoms with Gasteiger partial charge in [0, 0.05) is 24.8 Å². The maximum Gasteiger partial charge on any atom is 0.407 e. The van der Waals surface area contributed by atoms with Gasteiger partial charge >= 0.3 is 6.09 Å². The SMILES string of the molecule is CC(C)(C)OC(=O)N[C@H](CO)C1CCN(c2nccc(-c3ccc4ccccc4c3)n2)CC1. The number of nitrogens with zero attached hydrogens (tertiary/aromatic N) is 3. The van der Waals surface area contributed by atoms with Crippen LogP contribution in [0, 0.1) is 5.92 Å². The lowest BCUT2D eigenvalue weighted by atomic mass is 9.90. The zero-order valence-electron chi connectivity index (χ0n) is 19.5. The minimum atomic E-state index is -0.569. The topological polar surface area (TPSA) is 87.6 Å². The van der Waals surface area contributed by atoms with Crippen molar-refractivity contribution in [2.45, 2.75) is 45.3 Å². The first-order valence-electron chi connectivity index (χ1n) is 11.5. The van der Waals surface area contributed by atoms with Crippen LogP contribution in [0.1, 0.15) is 33.6 Å². The summed E-state index contributed by atoms with van der Waals surface area (Å²) < 4.78 is 5.34. The summed E-state index contributed by atoms with van der Waals surface area (Å²) in [4.78, 5) is 23.6. The highest BCUT2D eigenvalue weighted by atomic mass is 16.6. The van der Waals surface area contributed by atoms with Gasteiger partial charge in [-0.3, -0.25) is 0 Å². The van der Waals surface area contributed by atoms with Gasteiger partial charge in [0.15, 0.2) is 0 Å². The van der Waals surface area contributed by atoms with Crippen LogP contribution in [-0.4, -0.2) is 52.5 Å². The molecule has 1 fully saturated rings. The Hall–Kier alpha value is -3.19. The van der Waals surface area contributed by atoms with Gasteiger partial charge in [-0.05, 0) is 62.4 Å². The van der Waals surface area contributed by atoms with E-state index in [0.29, 0.717) is 5.95 Å². The molecule has 0 unspecified atom stereocenters. The number of rotatable bonds is 5. The highest BCUT2D eigenvalue weighted by Gasteiger charge is 2.29. The van der Waals surface area contributed by atoms with Gasteiger partial charge in [-0.15, -0.1) is 0 Å². The molecule has 4 rings (SSSR count). The number of aromatic nitrogens is 2. The average molecular weight is 449 g/mol. The lowest BCUT2D eigenvalue weighted by Crippen LogP contribution is -2.48. The van der Waals surface area contributed by atoms with Crippen LogP contribution in [0.2, 0.25) is 0 Å². The molecular formula is C26H32N4O3. The Kier molecular flexibility index (Phi) is 6.79. The first kappa shape index (κ1) is 23.0. The largest absolute Gasteiger partial charge is 0.444 e. The number of alkyl carbamates (subject to hydrolysis) is 1. The van der Waals surface area contributed by atoms with Crippen LogP contribution < -0.4 is 10.2 Å². The fraction of sp³-hybridized carbons (Fsp3) is 0.423. The molecular weight excluding hydrogens is 416 g/mol. The Morgan fingerprint density at radius 2 is 1.88 bits per heavy atom. The van der Waals surface area contributed by atoms with E-state index in [4.69, 9.17) is 9.72 Å². The van der Waals surface area contributed by atoms with Crippen LogP contribution in [-0.2, 0) is 4.74 Å². The van der Waals surface area contributed by atoms with Gasteiger partial charge in [0.05, 0.1) is 18.3 Å². The monoisotopic (exact) mass is 448 g/mol. The number of carbonyl (C=O) groups excluding carboxylic acids is 1. The summed E-state index contributed by atoms with van der Waals surface area (Å²) in [7, 11) is 0. The molecule has 1 saturated heterocycles. The van der Waals surface area contributed by atoms with Crippen LogP contribution in [0.3, 0.4) is 0 Å². The number of anilines is 1. The van der Waals surface area contributed by atoms with Crippen molar-refractivity contribution in [3.8, 4) is 11.3 Å². The van der Waals surface area contributed by atoms with Gasteiger partial charge in [0.25, 0.3) is 0 Å². The number of aliphatic hydroxyl groups excluding tert-OH is 1. The van der Waals surface area contributed by atoms with E-state index in [1.165, 1.54) is 10.8 Å². The van der Waals surface area contributed by atoms with E-state index < -0.39 is 11.7 Å². The van der Waals surface area contributed by atoms with E-state index in [0.717, 1.165) is 37.2 Å². The average Bonchev–Trinajstić information content (AvgIpc) is 2.81. The van der Waals surface area contributed by atoms with Crippen LogP contribution in [0.4, 0.5) is 10.7 Å². The van der Waals surface area contributed by atoms with Crippen LogP contribution in [0.5, 0.6) is 0 Å². The van der Waals surface area contributed by atoms with Crippen LogP contribution in [0.25, 0.3) is 22.0 Å². The zero-order chi connectivity index (χ0) is 23.4. The summed E-state index contributed by atoms with van der Waals surface area (Å²) in [5, 5.41) is 15.1. The van der Waals surface area contributed by atoms with Crippen molar-refractivity contribution in [3.63, 3.8) is 0 Å². The third-order valence-corrected chi connectivity index (χ3v) is 5.98. The number of amides is 1. The zero-order valence-corrected chi connectivity index (χ0v) is 19.5. The molecule has 0 saturated carbocycles. The Morgan fingerprint density at radius 3 is 2.58 bits per heavy atom. The summed E-state index contributed by atoms with van der Waals surface area (Å²) in [5.74, 6) is 0.877. The lowest BCUT2D eigenvalue weighted by Gasteiger charge is -2.36. The highest BCUT2D eigenvalue weighted by molar-refractivity contribution is 5.86. The summed E-state index contributed by atoms with van der Waals surface area (Å²) in [6, 6.07) is 16.3. The van der Waals surface area contributed by atoms with Crippen molar-refractivity contribution >= 4 is 22.8 Å². The number of nitrogens with one attached hydrogen (secondary N) is 1. The third kappa shape index (κ3) is 5.79. The minimum Gasteiger partial charge on any atom is -0.444 e. The number of carbonyl (C=O) groups is 1. The first-order valence-corrected chi connectivity index (χ1v) is 11.5. The highest BCUT2D eigenvalue weighted by Crippen LogP contribution is 2.27. The third-order valence-electron chi connectivity index (χ3n) is 5.98. The van der Waals surface area contributed by atoms with Crippen LogP contribution in [0.15, 0.2) is 54.7 Å². The summed E-state index contributed by atoms with van der Waals surface area (Å²) >= 11 is 0. The molecule has 1 aromatic heterocycles. The Bertz CT molecular complexity index is 1100. The molecule has 0 bridgehead atoms. The number of hydrogen-bond acceptors (Lipinski definition) is 6. The number of piperidine rings is 1. The molecule has 0 spiro atoms. The molecule has 1 aliphatic heterocycles. The standard InChI is InChI=1S/C26H32N4O3/c1-26(2,3)33-25(32)29-23(17-31)19-11-14-30(15-12-19)24-27-13-10-22(28-24)21-9-8-18-6-4-5-7-20(18)16-21/h4-10,13,16,19,23,31H,11-12,14-15,17H2,1-3H3,(H,29,32)/t23-/m1/s1. The predicted molar refractivity (Wildman–Crippen MR) is 130 cm³/mol. The number of aliphatic hydroxyl groups is 1. The fourth-order valence-corrected chi connectivity index (χ4v) is 4.28. The summed E-state index contributed by atoms with van der Waals surface area (Å²) in [6.07, 6.45) is 2.96. The quantitative estimate of drug-likeness (QED) is 0.602. The molecule has 0 aliphatic carbocycles. The summed E-state index contributed by atoms with van der Waals surface area (Å²) in [5.41, 5.74) is 1.39. The van der Waals surface area contributed by atoms with Crippen molar-refractivity contribution in [2.75, 3.05) is 24.6 Å². The molecule has 33 heavy (non-hydrogen) atoms. The number of ether oxygens (including phenoxy) is 1. The normalized spacial score (nSPS) is 15.9. The number of fused-ring (bicyclic) bond motifs is 1. The van der Waals surface area contributed by atoms with E-state index in [2.05, 4.69) is 45.5 Å². The Labute approximate surface area is 194 Å². The van der Waals surface area contributed by atoms with Gasteiger partial charge in [0.1, 0.15) is 5.60 Å². The molecule has 1 amide bonds. The second-order valence-electron chi connectivity index (χ2n) is 9.56. The maximum absolute atomic E-state index is 12.1. The maximum atomic E-state index is 12.1. The smallest absolute Gasteiger partial charge is 0.407 e. The van der Waals surface area contributed by atoms with Crippen LogP contribution >= 0.6 is 0 Å². The van der Waals surface area contributed by atoms with Gasteiger partial charge in [-0.1, -0.05) is 36.4 Å². The van der Waals surface area contributed by atoms with Gasteiger partial charge in [-0.25, -0.2) is 14.8 Å². The van der Waals surface area contributed by atoms with Crippen molar-refractivity contribution in [3.05, 3.63) is 54.7 Å². The number of benzene rings is 2. The van der Waals surface area contributed by atoms with E-state index in [9.17, 15) is 9.90 Å². The molecule has 174 valence electrons. The van der Waals surface area contributed by atoms with E-state index >= 15 is 0 Å².